The van der Waals surface area contributed by atoms with E-state index in [1.807, 2.05) is 12.4 Å². The predicted molar refractivity (Wildman–Crippen MR) is 166 cm³/mol. The summed E-state index contributed by atoms with van der Waals surface area (Å²) in [7, 11) is 0. The van der Waals surface area contributed by atoms with Gasteiger partial charge in [0.1, 0.15) is 11.5 Å². The second kappa shape index (κ2) is 19.9. The van der Waals surface area contributed by atoms with Crippen molar-refractivity contribution in [1.29, 1.82) is 0 Å². The van der Waals surface area contributed by atoms with Gasteiger partial charge in [0, 0.05) is 35.5 Å². The van der Waals surface area contributed by atoms with Crippen LogP contribution in [0.1, 0.15) is 126 Å². The van der Waals surface area contributed by atoms with Crippen molar-refractivity contribution in [2.45, 2.75) is 118 Å². The smallest absolute Gasteiger partial charge is 0.550 e. The largest absolute Gasteiger partial charge is 2.00 e. The summed E-state index contributed by atoms with van der Waals surface area (Å²) in [5.41, 5.74) is 6.12. The maximum atomic E-state index is 10.7. The molecule has 0 aliphatic heterocycles. The molecule has 43 heavy (non-hydrogen) atoms. The number of phenolic OH excluding ortho intramolecular Hbond substituents is 2. The third-order valence-electron chi connectivity index (χ3n) is 7.03. The number of carboxylic acid groups (broad SMARTS) is 2. The zero-order valence-electron chi connectivity index (χ0n) is 26.8. The Bertz CT molecular complexity index is 1130. The van der Waals surface area contributed by atoms with Gasteiger partial charge in [0.05, 0.1) is 12.1 Å². The van der Waals surface area contributed by atoms with E-state index >= 15 is 0 Å². The number of rotatable bonds is 8. The maximum absolute atomic E-state index is 10.7. The van der Waals surface area contributed by atoms with Crippen LogP contribution in [0.25, 0.3) is 0 Å². The molecule has 239 valence electrons. The van der Waals surface area contributed by atoms with Gasteiger partial charge in [-0.05, 0) is 98.6 Å². The summed E-state index contributed by atoms with van der Waals surface area (Å²) in [5.74, 6) is -0.879. The number of aliphatic carboxylic acids is 2. The Morgan fingerprint density at radius 3 is 1.26 bits per heavy atom. The molecule has 9 heteroatoms. The van der Waals surface area contributed by atoms with Gasteiger partial charge >= 0.3 is 16.8 Å². The fraction of sp³-hybridized carbons (Fsp3) is 0.529. The monoisotopic (exact) mass is 639 g/mol. The molecule has 1 aliphatic carbocycles. The van der Waals surface area contributed by atoms with Gasteiger partial charge < -0.3 is 30.0 Å². The number of aryl methyl sites for hydroxylation is 2. The first-order chi connectivity index (χ1) is 19.7. The average Bonchev–Trinajstić information content (AvgIpc) is 2.91. The van der Waals surface area contributed by atoms with E-state index in [9.17, 15) is 10.2 Å². The predicted octanol–water partition coefficient (Wildman–Crippen LogP) is 4.83. The number of benzene rings is 2. The summed E-state index contributed by atoms with van der Waals surface area (Å²) < 4.78 is 0. The third-order valence-corrected chi connectivity index (χ3v) is 7.03. The molecule has 0 unspecified atom stereocenters. The Morgan fingerprint density at radius 1 is 0.744 bits per heavy atom. The Morgan fingerprint density at radius 2 is 1.02 bits per heavy atom. The summed E-state index contributed by atoms with van der Waals surface area (Å²) in [6.07, 6.45) is 9.58. The molecule has 1 radical (unpaired) electrons. The first-order valence-electron chi connectivity index (χ1n) is 14.8. The van der Waals surface area contributed by atoms with Crippen LogP contribution in [0.3, 0.4) is 0 Å². The van der Waals surface area contributed by atoms with Crippen LogP contribution in [-0.4, -0.2) is 46.7 Å². The number of aromatic hydroxyl groups is 2. The number of carbonyl (C=O) groups excluding carboxylic acids is 2. The second-order valence-corrected chi connectivity index (χ2v) is 11.3. The Kier molecular flexibility index (Phi) is 18.4. The number of phenols is 2. The summed E-state index contributed by atoms with van der Waals surface area (Å²) in [6, 6.07) is 8.87. The third kappa shape index (κ3) is 14.2. The van der Waals surface area contributed by atoms with Crippen LogP contribution >= 0.6 is 0 Å². The van der Waals surface area contributed by atoms with Crippen LogP contribution in [0.15, 0.2) is 34.3 Å². The Labute approximate surface area is 267 Å². The number of carbonyl (C=O) groups is 2. The molecule has 0 bridgehead atoms. The standard InChI is InChI=1S/C30H42N2O2.2C2H4O2.Co/c1-7-21-13-23(29(33)27(15-21)19(3)4)17-31-25-9-11-26(12-10-25)32-18-24-14-22(8-2)16-28(20(5)6)30(24)34;2*1-2(3)4;/h13-20,25-26,33-34H,7-12H2,1-6H3;2*1H3,(H,3,4);/q;;;+2/p-2. The van der Waals surface area contributed by atoms with Crippen molar-refractivity contribution in [3.05, 3.63) is 57.6 Å². The average molecular weight is 640 g/mol. The minimum Gasteiger partial charge on any atom is -0.550 e. The molecule has 0 amide bonds. The molecule has 0 spiro atoms. The SMILES string of the molecule is CC(=O)[O-].CC(=O)[O-].CCc1cc(C=NC2CCC(N=Cc3cc(CC)cc(C(C)C)c3O)CC2)c(O)c(C(C)C)c1.[Co+2]. The first kappa shape index (κ1) is 39.8. The Hall–Kier alpha value is -3.17. The summed E-state index contributed by atoms with van der Waals surface area (Å²) in [5, 5.41) is 39.2. The van der Waals surface area contributed by atoms with Crippen molar-refractivity contribution in [3.63, 3.8) is 0 Å². The minimum absolute atomic E-state index is 0. The van der Waals surface area contributed by atoms with E-state index in [2.05, 4.69) is 65.8 Å². The van der Waals surface area contributed by atoms with Crippen LogP contribution in [0, 0.1) is 0 Å². The van der Waals surface area contributed by atoms with Gasteiger partial charge in [-0.15, -0.1) is 0 Å². The zero-order valence-corrected chi connectivity index (χ0v) is 27.8. The molecule has 1 fully saturated rings. The van der Waals surface area contributed by atoms with Gasteiger partial charge in [0.2, 0.25) is 0 Å². The minimum atomic E-state index is -1.08. The van der Waals surface area contributed by atoms with E-state index in [1.165, 1.54) is 11.1 Å². The van der Waals surface area contributed by atoms with Crippen molar-refractivity contribution in [1.82, 2.24) is 0 Å². The molecule has 3 rings (SSSR count). The summed E-state index contributed by atoms with van der Waals surface area (Å²) >= 11 is 0. The molecule has 0 aromatic heterocycles. The quantitative estimate of drug-likeness (QED) is 0.396. The van der Waals surface area contributed by atoms with Crippen LogP contribution in [0.5, 0.6) is 11.5 Å². The molecular weight excluding hydrogens is 591 g/mol. The van der Waals surface area contributed by atoms with Crippen LogP contribution in [0.2, 0.25) is 0 Å². The van der Waals surface area contributed by atoms with Crippen molar-refractivity contribution >= 4 is 24.4 Å². The van der Waals surface area contributed by atoms with Crippen LogP contribution < -0.4 is 10.2 Å². The molecule has 2 N–H and O–H groups in total. The molecular formula is C34H48CoN2O6. The first-order valence-corrected chi connectivity index (χ1v) is 14.8. The Balaban J connectivity index is 0.00000174. The zero-order chi connectivity index (χ0) is 32.0. The van der Waals surface area contributed by atoms with E-state index in [0.29, 0.717) is 11.5 Å². The molecule has 2 aromatic carbocycles. The molecule has 0 atom stereocenters. The van der Waals surface area contributed by atoms with Crippen LogP contribution in [0.4, 0.5) is 0 Å². The fourth-order valence-corrected chi connectivity index (χ4v) is 4.70. The summed E-state index contributed by atoms with van der Waals surface area (Å²) in [6.45, 7) is 14.7. The molecule has 0 heterocycles. The number of aliphatic imine (C=N–C) groups is 2. The van der Waals surface area contributed by atoms with Gasteiger partial charge in [-0.3, -0.25) is 9.98 Å². The molecule has 1 aliphatic rings. The van der Waals surface area contributed by atoms with E-state index in [-0.39, 0.29) is 40.7 Å². The van der Waals surface area contributed by atoms with Crippen molar-refractivity contribution in [2.75, 3.05) is 0 Å². The van der Waals surface area contributed by atoms with E-state index in [1.54, 1.807) is 0 Å². The van der Waals surface area contributed by atoms with Gasteiger partial charge in [0.25, 0.3) is 0 Å². The second-order valence-electron chi connectivity index (χ2n) is 11.3. The molecule has 1 saturated carbocycles. The molecule has 8 nitrogen and oxygen atoms in total. The molecule has 2 aromatic rings. The summed E-state index contributed by atoms with van der Waals surface area (Å²) in [4.78, 5) is 27.4. The van der Waals surface area contributed by atoms with Gasteiger partial charge in [-0.25, -0.2) is 0 Å². The van der Waals surface area contributed by atoms with Crippen LogP contribution in [-0.2, 0) is 39.2 Å². The van der Waals surface area contributed by atoms with Crippen molar-refractivity contribution in [3.8, 4) is 11.5 Å². The number of hydrogen-bond donors (Lipinski definition) is 2. The normalized spacial score (nSPS) is 16.3. The molecule has 0 saturated heterocycles. The van der Waals surface area contributed by atoms with E-state index in [4.69, 9.17) is 29.8 Å². The number of hydrogen-bond acceptors (Lipinski definition) is 8. The topological polar surface area (TPSA) is 145 Å². The maximum Gasteiger partial charge on any atom is 2.00 e. The fourth-order valence-electron chi connectivity index (χ4n) is 4.70. The van der Waals surface area contributed by atoms with Crippen molar-refractivity contribution < 1.29 is 46.8 Å². The van der Waals surface area contributed by atoms with Gasteiger partial charge in [-0.1, -0.05) is 53.7 Å². The van der Waals surface area contributed by atoms with Gasteiger partial charge in [0.15, 0.2) is 0 Å². The number of nitrogens with zero attached hydrogens (tertiary/aromatic N) is 2. The van der Waals surface area contributed by atoms with E-state index in [0.717, 1.165) is 74.6 Å². The number of carboxylic acids is 2. The van der Waals surface area contributed by atoms with Crippen molar-refractivity contribution in [2.24, 2.45) is 9.98 Å². The van der Waals surface area contributed by atoms with Gasteiger partial charge in [-0.2, -0.15) is 0 Å². The van der Waals surface area contributed by atoms with E-state index < -0.39 is 11.9 Å².